The summed E-state index contributed by atoms with van der Waals surface area (Å²) in [4.78, 5) is 29.5. The van der Waals surface area contributed by atoms with E-state index in [2.05, 4.69) is 5.32 Å². The number of hydrogen-bond donors (Lipinski definition) is 1. The van der Waals surface area contributed by atoms with Crippen LogP contribution in [0.2, 0.25) is 0 Å². The lowest BCUT2D eigenvalue weighted by Crippen LogP contribution is -2.35. The predicted octanol–water partition coefficient (Wildman–Crippen LogP) is 5.30. The lowest BCUT2D eigenvalue weighted by molar-refractivity contribution is -0.137. The molecule has 0 spiro atoms. The fraction of sp³-hybridized carbons (Fsp3) is 0.520. The van der Waals surface area contributed by atoms with E-state index in [-0.39, 0.29) is 17.7 Å². The summed E-state index contributed by atoms with van der Waals surface area (Å²) in [7, 11) is 3.96. The predicted molar refractivity (Wildman–Crippen MR) is 126 cm³/mol. The van der Waals surface area contributed by atoms with Crippen molar-refractivity contribution in [2.45, 2.75) is 60.0 Å². The number of nitrogens with zero attached hydrogens (tertiary/aromatic N) is 2. The Balaban J connectivity index is 2.34. The van der Waals surface area contributed by atoms with Crippen molar-refractivity contribution in [1.82, 2.24) is 4.90 Å². The van der Waals surface area contributed by atoms with Crippen molar-refractivity contribution in [3.05, 3.63) is 47.9 Å². The summed E-state index contributed by atoms with van der Waals surface area (Å²) in [5.41, 5.74) is 2.75. The molecule has 1 aromatic heterocycles. The van der Waals surface area contributed by atoms with Crippen LogP contribution in [0.3, 0.4) is 0 Å². The molecule has 0 saturated carbocycles. The molecule has 1 aromatic carbocycles. The highest BCUT2D eigenvalue weighted by Crippen LogP contribution is 2.27. The Kier molecular flexibility index (Phi) is 9.16. The van der Waals surface area contributed by atoms with Crippen molar-refractivity contribution in [3.8, 4) is 0 Å². The number of carbonyl (C=O) groups excluding carboxylic acids is 2. The minimum absolute atomic E-state index is 0.000832. The largest absolute Gasteiger partial charge is 0.467 e. The van der Waals surface area contributed by atoms with E-state index in [1.165, 1.54) is 0 Å². The molecule has 0 unspecified atom stereocenters. The first-order valence-electron chi connectivity index (χ1n) is 11.2. The van der Waals surface area contributed by atoms with Gasteiger partial charge in [-0.3, -0.25) is 9.59 Å². The third kappa shape index (κ3) is 7.16. The van der Waals surface area contributed by atoms with Crippen molar-refractivity contribution in [2.24, 2.45) is 11.8 Å². The average molecular weight is 428 g/mol. The molecule has 1 N–H and O–H groups in total. The van der Waals surface area contributed by atoms with Crippen molar-refractivity contribution < 1.29 is 14.0 Å². The fourth-order valence-corrected chi connectivity index (χ4v) is 3.71. The minimum Gasteiger partial charge on any atom is -0.467 e. The molecular formula is C25H37N3O3. The van der Waals surface area contributed by atoms with Gasteiger partial charge in [0.05, 0.1) is 12.8 Å². The van der Waals surface area contributed by atoms with Crippen LogP contribution in [0.1, 0.15) is 58.3 Å². The first-order valence-corrected chi connectivity index (χ1v) is 11.2. The summed E-state index contributed by atoms with van der Waals surface area (Å²) in [5, 5.41) is 2.99. The fourth-order valence-electron chi connectivity index (χ4n) is 3.71. The van der Waals surface area contributed by atoms with Crippen LogP contribution >= 0.6 is 0 Å². The Morgan fingerprint density at radius 1 is 1.06 bits per heavy atom. The summed E-state index contributed by atoms with van der Waals surface area (Å²) in [6.45, 7) is 9.00. The molecule has 0 fully saturated rings. The van der Waals surface area contributed by atoms with Gasteiger partial charge in [0.15, 0.2) is 0 Å². The van der Waals surface area contributed by atoms with E-state index < -0.39 is 0 Å². The van der Waals surface area contributed by atoms with Gasteiger partial charge in [0.2, 0.25) is 11.8 Å². The molecular weight excluding hydrogens is 390 g/mol. The standard InChI is InChI=1S/C25H37N3O3/c1-7-19(8-2)25(30)28(17-22-10-9-13-31-22)16-20-15-21(11-12-23(20)27(5)6)26-24(29)14-18(3)4/h9-13,15,18-19H,7-8,14,16-17H2,1-6H3,(H,26,29). The molecule has 0 saturated heterocycles. The van der Waals surface area contributed by atoms with Crippen molar-refractivity contribution in [2.75, 3.05) is 24.3 Å². The normalized spacial score (nSPS) is 11.1. The highest BCUT2D eigenvalue weighted by atomic mass is 16.3. The molecule has 170 valence electrons. The lowest BCUT2D eigenvalue weighted by atomic mass is 10.0. The van der Waals surface area contributed by atoms with Crippen molar-refractivity contribution >= 4 is 23.2 Å². The lowest BCUT2D eigenvalue weighted by Gasteiger charge is -2.28. The van der Waals surface area contributed by atoms with Crippen LogP contribution in [0, 0.1) is 11.8 Å². The number of anilines is 2. The molecule has 0 radical (unpaired) electrons. The summed E-state index contributed by atoms with van der Waals surface area (Å²) in [5.74, 6) is 1.15. The van der Waals surface area contributed by atoms with Gasteiger partial charge in [-0.15, -0.1) is 0 Å². The van der Waals surface area contributed by atoms with Crippen LogP contribution in [0.5, 0.6) is 0 Å². The summed E-state index contributed by atoms with van der Waals surface area (Å²) < 4.78 is 5.53. The van der Waals surface area contributed by atoms with Crippen LogP contribution in [-0.2, 0) is 22.7 Å². The minimum atomic E-state index is -0.0216. The third-order valence-corrected chi connectivity index (χ3v) is 5.37. The van der Waals surface area contributed by atoms with E-state index in [4.69, 9.17) is 4.42 Å². The average Bonchev–Trinajstić information content (AvgIpc) is 3.20. The molecule has 0 bridgehead atoms. The molecule has 6 nitrogen and oxygen atoms in total. The van der Waals surface area contributed by atoms with E-state index >= 15 is 0 Å². The molecule has 0 aliphatic carbocycles. The quantitative estimate of drug-likeness (QED) is 0.529. The van der Waals surface area contributed by atoms with E-state index in [9.17, 15) is 9.59 Å². The van der Waals surface area contributed by atoms with E-state index in [1.807, 2.05) is 81.9 Å². The molecule has 0 aliphatic heterocycles. The van der Waals surface area contributed by atoms with Gasteiger partial charge in [0.25, 0.3) is 0 Å². The van der Waals surface area contributed by atoms with E-state index in [1.54, 1.807) is 6.26 Å². The SMILES string of the molecule is CCC(CC)C(=O)N(Cc1ccco1)Cc1cc(NC(=O)CC(C)C)ccc1N(C)C. The second-order valence-corrected chi connectivity index (χ2v) is 8.67. The maximum atomic E-state index is 13.3. The van der Waals surface area contributed by atoms with Gasteiger partial charge < -0.3 is 19.5 Å². The highest BCUT2D eigenvalue weighted by Gasteiger charge is 2.24. The summed E-state index contributed by atoms with van der Waals surface area (Å²) in [6.07, 6.45) is 3.71. The Labute approximate surface area is 186 Å². The van der Waals surface area contributed by atoms with Gasteiger partial charge in [-0.05, 0) is 54.7 Å². The number of nitrogens with one attached hydrogen (secondary N) is 1. The Morgan fingerprint density at radius 2 is 1.77 bits per heavy atom. The second kappa shape index (κ2) is 11.6. The van der Waals surface area contributed by atoms with Gasteiger partial charge in [-0.1, -0.05) is 27.7 Å². The van der Waals surface area contributed by atoms with E-state index in [0.29, 0.717) is 25.4 Å². The molecule has 2 rings (SSSR count). The molecule has 6 heteroatoms. The van der Waals surface area contributed by atoms with Gasteiger partial charge in [-0.25, -0.2) is 0 Å². The van der Waals surface area contributed by atoms with Crippen LogP contribution in [0.4, 0.5) is 11.4 Å². The summed E-state index contributed by atoms with van der Waals surface area (Å²) >= 11 is 0. The maximum absolute atomic E-state index is 13.3. The zero-order valence-electron chi connectivity index (χ0n) is 19.8. The Hall–Kier alpha value is -2.76. The van der Waals surface area contributed by atoms with Crippen LogP contribution < -0.4 is 10.2 Å². The molecule has 1 heterocycles. The van der Waals surface area contributed by atoms with Crippen molar-refractivity contribution in [3.63, 3.8) is 0 Å². The number of carbonyl (C=O) groups is 2. The number of hydrogen-bond acceptors (Lipinski definition) is 4. The number of amides is 2. The monoisotopic (exact) mass is 427 g/mol. The van der Waals surface area contributed by atoms with Crippen LogP contribution in [0.15, 0.2) is 41.0 Å². The highest BCUT2D eigenvalue weighted by molar-refractivity contribution is 5.91. The van der Waals surface area contributed by atoms with Crippen LogP contribution in [-0.4, -0.2) is 30.8 Å². The number of furan rings is 1. The molecule has 31 heavy (non-hydrogen) atoms. The van der Waals surface area contributed by atoms with E-state index in [0.717, 1.165) is 35.5 Å². The smallest absolute Gasteiger partial charge is 0.226 e. The Bertz CT molecular complexity index is 840. The van der Waals surface area contributed by atoms with Gasteiger partial charge in [-0.2, -0.15) is 0 Å². The molecule has 2 amide bonds. The summed E-state index contributed by atoms with van der Waals surface area (Å²) in [6, 6.07) is 9.61. The van der Waals surface area contributed by atoms with Crippen molar-refractivity contribution in [1.29, 1.82) is 0 Å². The molecule has 0 atom stereocenters. The second-order valence-electron chi connectivity index (χ2n) is 8.67. The first-order chi connectivity index (χ1) is 14.7. The number of benzene rings is 1. The molecule has 0 aliphatic rings. The van der Waals surface area contributed by atoms with Crippen LogP contribution in [0.25, 0.3) is 0 Å². The first kappa shape index (κ1) is 24.5. The topological polar surface area (TPSA) is 65.8 Å². The third-order valence-electron chi connectivity index (χ3n) is 5.37. The zero-order chi connectivity index (χ0) is 23.0. The maximum Gasteiger partial charge on any atom is 0.226 e. The van der Waals surface area contributed by atoms with Gasteiger partial charge >= 0.3 is 0 Å². The number of rotatable bonds is 11. The van der Waals surface area contributed by atoms with Gasteiger partial charge in [0.1, 0.15) is 5.76 Å². The zero-order valence-corrected chi connectivity index (χ0v) is 19.8. The molecule has 2 aromatic rings. The van der Waals surface area contributed by atoms with Gasteiger partial charge in [0, 0.05) is 44.4 Å². The Morgan fingerprint density at radius 3 is 2.32 bits per heavy atom.